The fourth-order valence-electron chi connectivity index (χ4n) is 4.60. The highest BCUT2D eigenvalue weighted by molar-refractivity contribution is 5.98. The molecule has 0 aliphatic heterocycles. The molecule has 2 aliphatic carbocycles. The average Bonchev–Trinajstić information content (AvgIpc) is 3.51. The van der Waals surface area contributed by atoms with Crippen molar-refractivity contribution in [2.45, 2.75) is 26.8 Å². The second kappa shape index (κ2) is 9.29. The van der Waals surface area contributed by atoms with E-state index in [1.807, 2.05) is 26.0 Å². The molecule has 2 aliphatic rings. The van der Waals surface area contributed by atoms with Crippen LogP contribution in [-0.4, -0.2) is 25.0 Å². The lowest BCUT2D eigenvalue weighted by atomic mass is 9.81. The van der Waals surface area contributed by atoms with Gasteiger partial charge in [0.1, 0.15) is 17.3 Å². The Hall–Kier alpha value is -3.22. The maximum Gasteiger partial charge on any atom is 0.229 e. The van der Waals surface area contributed by atoms with Gasteiger partial charge in [0.25, 0.3) is 0 Å². The Bertz CT molecular complexity index is 953. The van der Waals surface area contributed by atoms with E-state index in [9.17, 15) is 9.59 Å². The summed E-state index contributed by atoms with van der Waals surface area (Å²) in [5, 5.41) is 5.93. The highest BCUT2D eigenvalue weighted by Crippen LogP contribution is 2.48. The van der Waals surface area contributed by atoms with Crippen LogP contribution in [0.4, 0.5) is 5.69 Å². The number of carbonyl (C=O) groups is 2. The first-order valence-corrected chi connectivity index (χ1v) is 10.8. The van der Waals surface area contributed by atoms with Crippen molar-refractivity contribution in [3.05, 3.63) is 54.5 Å². The first kappa shape index (κ1) is 21.0. The quantitative estimate of drug-likeness (QED) is 0.598. The molecule has 2 aromatic rings. The van der Waals surface area contributed by atoms with Gasteiger partial charge in [-0.25, -0.2) is 0 Å². The average molecular weight is 424 g/mol. The normalized spacial score (nSPS) is 23.5. The molecule has 1 aromatic carbocycles. The number of benzene rings is 1. The van der Waals surface area contributed by atoms with Crippen LogP contribution in [0.25, 0.3) is 0 Å². The van der Waals surface area contributed by atoms with Gasteiger partial charge in [0.05, 0.1) is 43.5 Å². The second-order valence-corrected chi connectivity index (χ2v) is 7.81. The molecule has 4 rings (SSSR count). The molecule has 7 nitrogen and oxygen atoms in total. The molecule has 0 saturated heterocycles. The molecule has 4 atom stereocenters. The molecule has 2 amide bonds. The highest BCUT2D eigenvalue weighted by atomic mass is 16.5. The lowest BCUT2D eigenvalue weighted by molar-refractivity contribution is -0.133. The second-order valence-electron chi connectivity index (χ2n) is 7.81. The minimum atomic E-state index is -0.433. The lowest BCUT2D eigenvalue weighted by Gasteiger charge is -2.26. The van der Waals surface area contributed by atoms with Gasteiger partial charge in [-0.1, -0.05) is 12.2 Å². The Morgan fingerprint density at radius 1 is 1.03 bits per heavy atom. The molecular weight excluding hydrogens is 396 g/mol. The van der Waals surface area contributed by atoms with Crippen LogP contribution in [0.3, 0.4) is 0 Å². The van der Waals surface area contributed by atoms with E-state index in [2.05, 4.69) is 22.8 Å². The number of carbonyl (C=O) groups excluding carboxylic acids is 2. The zero-order valence-corrected chi connectivity index (χ0v) is 17.8. The van der Waals surface area contributed by atoms with E-state index in [-0.39, 0.29) is 23.7 Å². The summed E-state index contributed by atoms with van der Waals surface area (Å²) in [4.78, 5) is 26.3. The molecule has 0 radical (unpaired) electrons. The van der Waals surface area contributed by atoms with Crippen molar-refractivity contribution in [1.82, 2.24) is 5.32 Å². The minimum Gasteiger partial charge on any atom is -0.494 e. The van der Waals surface area contributed by atoms with Gasteiger partial charge in [0, 0.05) is 6.07 Å². The molecule has 2 bridgehead atoms. The molecule has 1 heterocycles. The molecule has 0 spiro atoms. The number of allylic oxidation sites excluding steroid dienone is 2. The van der Waals surface area contributed by atoms with Crippen molar-refractivity contribution in [3.63, 3.8) is 0 Å². The zero-order valence-electron chi connectivity index (χ0n) is 17.8. The number of anilines is 1. The first-order valence-electron chi connectivity index (χ1n) is 10.8. The van der Waals surface area contributed by atoms with Gasteiger partial charge >= 0.3 is 0 Å². The number of amides is 2. The number of ether oxygens (including phenoxy) is 2. The van der Waals surface area contributed by atoms with Crippen LogP contribution >= 0.6 is 0 Å². The number of furan rings is 1. The number of hydrogen-bond donors (Lipinski definition) is 2. The van der Waals surface area contributed by atoms with E-state index in [1.165, 1.54) is 0 Å². The Balaban J connectivity index is 1.50. The van der Waals surface area contributed by atoms with E-state index in [0.717, 1.165) is 6.42 Å². The molecule has 31 heavy (non-hydrogen) atoms. The van der Waals surface area contributed by atoms with E-state index < -0.39 is 11.8 Å². The molecule has 1 fully saturated rings. The molecular formula is C24H28N2O5. The van der Waals surface area contributed by atoms with E-state index >= 15 is 0 Å². The zero-order chi connectivity index (χ0) is 21.8. The van der Waals surface area contributed by atoms with Crippen LogP contribution in [-0.2, 0) is 16.1 Å². The summed E-state index contributed by atoms with van der Waals surface area (Å²) in [6.07, 6.45) is 6.51. The van der Waals surface area contributed by atoms with Gasteiger partial charge < -0.3 is 24.5 Å². The van der Waals surface area contributed by atoms with E-state index in [0.29, 0.717) is 42.7 Å². The first-order chi connectivity index (χ1) is 15.1. The monoisotopic (exact) mass is 424 g/mol. The van der Waals surface area contributed by atoms with Gasteiger partial charge in [0.2, 0.25) is 11.8 Å². The van der Waals surface area contributed by atoms with Crippen LogP contribution in [0.15, 0.2) is 53.2 Å². The van der Waals surface area contributed by atoms with Gasteiger partial charge in [-0.3, -0.25) is 9.59 Å². The summed E-state index contributed by atoms with van der Waals surface area (Å²) in [6, 6.07) is 8.96. The van der Waals surface area contributed by atoms with Gasteiger partial charge in [0.15, 0.2) is 0 Å². The van der Waals surface area contributed by atoms with Crippen LogP contribution in [0, 0.1) is 23.7 Å². The fraction of sp³-hybridized carbons (Fsp3) is 0.417. The number of rotatable bonds is 9. The summed E-state index contributed by atoms with van der Waals surface area (Å²) >= 11 is 0. The van der Waals surface area contributed by atoms with Crippen LogP contribution in [0.5, 0.6) is 11.5 Å². The number of fused-ring (bicyclic) bond motifs is 2. The third kappa shape index (κ3) is 4.45. The summed E-state index contributed by atoms with van der Waals surface area (Å²) in [5.41, 5.74) is 0.555. The molecule has 7 heteroatoms. The van der Waals surface area contributed by atoms with E-state index in [4.69, 9.17) is 13.9 Å². The van der Waals surface area contributed by atoms with Crippen molar-refractivity contribution < 1.29 is 23.5 Å². The van der Waals surface area contributed by atoms with Crippen molar-refractivity contribution in [2.75, 3.05) is 18.5 Å². The predicted molar refractivity (Wildman–Crippen MR) is 116 cm³/mol. The summed E-state index contributed by atoms with van der Waals surface area (Å²) in [5.74, 6) is 0.896. The SMILES string of the molecule is CCOc1ccc(OCC)c(NC(=O)C2C3C=CC(C3)C2C(=O)NCc2ccco2)c1. The topological polar surface area (TPSA) is 89.8 Å². The van der Waals surface area contributed by atoms with Crippen LogP contribution in [0.1, 0.15) is 26.0 Å². The maximum atomic E-state index is 13.3. The molecule has 164 valence electrons. The number of nitrogens with one attached hydrogen (secondary N) is 2. The lowest BCUT2D eigenvalue weighted by Crippen LogP contribution is -2.41. The van der Waals surface area contributed by atoms with Crippen LogP contribution < -0.4 is 20.1 Å². The molecule has 1 aromatic heterocycles. The minimum absolute atomic E-state index is 0.0509. The van der Waals surface area contributed by atoms with Gasteiger partial charge in [-0.15, -0.1) is 0 Å². The van der Waals surface area contributed by atoms with Crippen molar-refractivity contribution in [2.24, 2.45) is 23.7 Å². The smallest absolute Gasteiger partial charge is 0.229 e. The Morgan fingerprint density at radius 2 is 1.77 bits per heavy atom. The maximum absolute atomic E-state index is 13.3. The standard InChI is InChI=1S/C24H28N2O5/c1-3-29-17-9-10-20(30-4-2)19(13-17)26-24(28)22-16-8-7-15(12-16)21(22)23(27)25-14-18-6-5-11-31-18/h5-11,13,15-16,21-22H,3-4,12,14H2,1-2H3,(H,25,27)(H,26,28). The molecule has 1 saturated carbocycles. The highest BCUT2D eigenvalue weighted by Gasteiger charge is 2.51. The van der Waals surface area contributed by atoms with Crippen molar-refractivity contribution >= 4 is 17.5 Å². The third-order valence-electron chi connectivity index (χ3n) is 5.90. The van der Waals surface area contributed by atoms with Crippen LogP contribution in [0.2, 0.25) is 0 Å². The summed E-state index contributed by atoms with van der Waals surface area (Å²) in [7, 11) is 0. The largest absolute Gasteiger partial charge is 0.494 e. The van der Waals surface area contributed by atoms with E-state index in [1.54, 1.807) is 24.5 Å². The Morgan fingerprint density at radius 3 is 2.45 bits per heavy atom. The summed E-state index contributed by atoms with van der Waals surface area (Å²) < 4.78 is 16.5. The predicted octanol–water partition coefficient (Wildman–Crippen LogP) is 3.77. The number of hydrogen-bond acceptors (Lipinski definition) is 5. The Labute approximate surface area is 181 Å². The fourth-order valence-corrected chi connectivity index (χ4v) is 4.60. The Kier molecular flexibility index (Phi) is 6.30. The van der Waals surface area contributed by atoms with Gasteiger partial charge in [-0.05, 0) is 56.4 Å². The molecule has 4 unspecified atom stereocenters. The summed E-state index contributed by atoms with van der Waals surface area (Å²) in [6.45, 7) is 5.11. The third-order valence-corrected chi connectivity index (χ3v) is 5.90. The van der Waals surface area contributed by atoms with Crippen molar-refractivity contribution in [1.29, 1.82) is 0 Å². The molecule has 2 N–H and O–H groups in total. The van der Waals surface area contributed by atoms with Gasteiger partial charge in [-0.2, -0.15) is 0 Å². The van der Waals surface area contributed by atoms with Crippen molar-refractivity contribution in [3.8, 4) is 11.5 Å².